The molecule has 1 fully saturated rings. The fourth-order valence-electron chi connectivity index (χ4n) is 1.80. The smallest absolute Gasteiger partial charge is 0.120 e. The summed E-state index contributed by atoms with van der Waals surface area (Å²) in [7, 11) is 0. The van der Waals surface area contributed by atoms with Gasteiger partial charge in [-0.1, -0.05) is 15.9 Å². The number of hydrogen-bond donors (Lipinski definition) is 1. The fourth-order valence-corrected chi connectivity index (χ4v) is 2.05. The van der Waals surface area contributed by atoms with Gasteiger partial charge in [0.15, 0.2) is 0 Å². The van der Waals surface area contributed by atoms with Gasteiger partial charge in [0.2, 0.25) is 0 Å². The molecule has 0 spiro atoms. The first-order chi connectivity index (χ1) is 7.25. The van der Waals surface area contributed by atoms with Crippen LogP contribution >= 0.6 is 15.9 Å². The van der Waals surface area contributed by atoms with E-state index in [-0.39, 0.29) is 0 Å². The number of benzene rings is 1. The fraction of sp³-hybridized carbons (Fsp3) is 0.500. The van der Waals surface area contributed by atoms with Gasteiger partial charge in [-0.3, -0.25) is 0 Å². The highest BCUT2D eigenvalue weighted by Crippen LogP contribution is 2.23. The van der Waals surface area contributed by atoms with E-state index in [1.165, 1.54) is 12.0 Å². The van der Waals surface area contributed by atoms with Crippen LogP contribution in [0, 0.1) is 6.92 Å². The molecule has 1 aromatic carbocycles. The molecule has 0 aromatic heterocycles. The highest BCUT2D eigenvalue weighted by atomic mass is 79.9. The van der Waals surface area contributed by atoms with Crippen LogP contribution in [0.2, 0.25) is 0 Å². The quantitative estimate of drug-likeness (QED) is 0.892. The summed E-state index contributed by atoms with van der Waals surface area (Å²) in [5, 5.41) is 3.35. The third-order valence-electron chi connectivity index (χ3n) is 2.68. The van der Waals surface area contributed by atoms with Crippen molar-refractivity contribution in [1.82, 2.24) is 5.32 Å². The van der Waals surface area contributed by atoms with Gasteiger partial charge in [-0.25, -0.2) is 0 Å². The molecule has 82 valence electrons. The van der Waals surface area contributed by atoms with Crippen molar-refractivity contribution in [2.75, 3.05) is 13.1 Å². The van der Waals surface area contributed by atoms with Gasteiger partial charge in [0.1, 0.15) is 11.9 Å². The summed E-state index contributed by atoms with van der Waals surface area (Å²) in [6, 6.07) is 6.14. The summed E-state index contributed by atoms with van der Waals surface area (Å²) in [6.07, 6.45) is 2.70. The van der Waals surface area contributed by atoms with Crippen molar-refractivity contribution in [2.24, 2.45) is 0 Å². The Balaban J connectivity index is 2.00. The normalized spacial score (nSPS) is 21.3. The van der Waals surface area contributed by atoms with E-state index in [1.54, 1.807) is 0 Å². The molecule has 1 heterocycles. The van der Waals surface area contributed by atoms with Gasteiger partial charge < -0.3 is 10.1 Å². The molecule has 3 heteroatoms. The molecule has 0 bridgehead atoms. The lowest BCUT2D eigenvalue weighted by atomic mass is 10.1. The highest BCUT2D eigenvalue weighted by molar-refractivity contribution is 9.10. The summed E-state index contributed by atoms with van der Waals surface area (Å²) < 4.78 is 7.04. The minimum Gasteiger partial charge on any atom is -0.489 e. The van der Waals surface area contributed by atoms with E-state index >= 15 is 0 Å². The predicted molar refractivity (Wildman–Crippen MR) is 65.4 cm³/mol. The monoisotopic (exact) mass is 269 g/mol. The topological polar surface area (TPSA) is 21.3 Å². The van der Waals surface area contributed by atoms with E-state index in [1.807, 2.05) is 12.1 Å². The zero-order chi connectivity index (χ0) is 10.7. The van der Waals surface area contributed by atoms with Crippen LogP contribution in [0.1, 0.15) is 18.4 Å². The largest absolute Gasteiger partial charge is 0.489 e. The first kappa shape index (κ1) is 11.0. The lowest BCUT2D eigenvalue weighted by Gasteiger charge is -2.24. The van der Waals surface area contributed by atoms with Gasteiger partial charge in [0, 0.05) is 11.0 Å². The minimum atomic E-state index is 0.333. The molecule has 15 heavy (non-hydrogen) atoms. The van der Waals surface area contributed by atoms with Crippen LogP contribution in [0.5, 0.6) is 5.75 Å². The van der Waals surface area contributed by atoms with Crippen molar-refractivity contribution >= 4 is 15.9 Å². The van der Waals surface area contributed by atoms with Crippen molar-refractivity contribution < 1.29 is 4.74 Å². The summed E-state index contributed by atoms with van der Waals surface area (Å²) in [5.41, 5.74) is 1.22. The van der Waals surface area contributed by atoms with Gasteiger partial charge in [-0.05, 0) is 50.1 Å². The lowest BCUT2D eigenvalue weighted by molar-refractivity contribution is 0.167. The second kappa shape index (κ2) is 4.99. The Morgan fingerprint density at radius 1 is 1.47 bits per heavy atom. The molecule has 2 rings (SSSR count). The first-order valence-electron chi connectivity index (χ1n) is 5.39. The standard InChI is InChI=1S/C12H16BrNO/c1-9-7-10(4-5-12(9)13)15-11-3-2-6-14-8-11/h4-5,7,11,14H,2-3,6,8H2,1H3/t11-/m0/s1. The van der Waals surface area contributed by atoms with Gasteiger partial charge in [0.25, 0.3) is 0 Å². The molecular weight excluding hydrogens is 254 g/mol. The maximum Gasteiger partial charge on any atom is 0.120 e. The van der Waals surface area contributed by atoms with Crippen LogP contribution in [0.15, 0.2) is 22.7 Å². The van der Waals surface area contributed by atoms with Crippen LogP contribution in [0.4, 0.5) is 0 Å². The number of hydrogen-bond acceptors (Lipinski definition) is 2. The van der Waals surface area contributed by atoms with Gasteiger partial charge >= 0.3 is 0 Å². The average molecular weight is 270 g/mol. The van der Waals surface area contributed by atoms with E-state index in [2.05, 4.69) is 34.2 Å². The van der Waals surface area contributed by atoms with E-state index in [4.69, 9.17) is 4.74 Å². The van der Waals surface area contributed by atoms with Crippen molar-refractivity contribution in [3.63, 3.8) is 0 Å². The average Bonchev–Trinajstić information content (AvgIpc) is 2.25. The van der Waals surface area contributed by atoms with E-state index in [9.17, 15) is 0 Å². The Hall–Kier alpha value is -0.540. The maximum absolute atomic E-state index is 5.91. The second-order valence-corrected chi connectivity index (χ2v) is 4.85. The Bertz CT molecular complexity index is 334. The van der Waals surface area contributed by atoms with Crippen molar-refractivity contribution in [1.29, 1.82) is 0 Å². The molecule has 0 aliphatic carbocycles. The van der Waals surface area contributed by atoms with Crippen LogP contribution in [0.25, 0.3) is 0 Å². The van der Waals surface area contributed by atoms with Crippen LogP contribution in [0.3, 0.4) is 0 Å². The zero-order valence-electron chi connectivity index (χ0n) is 8.92. The third-order valence-corrected chi connectivity index (χ3v) is 3.57. The Labute approximate surface area is 99.1 Å². The minimum absolute atomic E-state index is 0.333. The first-order valence-corrected chi connectivity index (χ1v) is 6.18. The summed E-state index contributed by atoms with van der Waals surface area (Å²) >= 11 is 3.49. The molecule has 1 aliphatic heterocycles. The van der Waals surface area contributed by atoms with Crippen LogP contribution in [-0.4, -0.2) is 19.2 Å². The zero-order valence-corrected chi connectivity index (χ0v) is 10.5. The lowest BCUT2D eigenvalue weighted by Crippen LogP contribution is -2.37. The van der Waals surface area contributed by atoms with E-state index in [0.29, 0.717) is 6.10 Å². The molecule has 1 aliphatic rings. The summed E-state index contributed by atoms with van der Waals surface area (Å²) in [6.45, 7) is 4.17. The van der Waals surface area contributed by atoms with Crippen molar-refractivity contribution in [3.05, 3.63) is 28.2 Å². The van der Waals surface area contributed by atoms with Gasteiger partial charge in [0.05, 0.1) is 0 Å². The number of ether oxygens (including phenoxy) is 1. The molecule has 0 radical (unpaired) electrons. The number of aryl methyl sites for hydroxylation is 1. The maximum atomic E-state index is 5.91. The highest BCUT2D eigenvalue weighted by Gasteiger charge is 2.14. The van der Waals surface area contributed by atoms with Gasteiger partial charge in [-0.2, -0.15) is 0 Å². The third kappa shape index (κ3) is 2.95. The Kier molecular flexibility index (Phi) is 3.65. The second-order valence-electron chi connectivity index (χ2n) is 4.00. The van der Waals surface area contributed by atoms with Crippen LogP contribution in [-0.2, 0) is 0 Å². The molecule has 0 amide bonds. The van der Waals surface area contributed by atoms with Crippen LogP contribution < -0.4 is 10.1 Å². The Morgan fingerprint density at radius 2 is 2.33 bits per heavy atom. The Morgan fingerprint density at radius 3 is 3.00 bits per heavy atom. The molecule has 1 aromatic rings. The van der Waals surface area contributed by atoms with Crippen molar-refractivity contribution in [2.45, 2.75) is 25.9 Å². The number of nitrogens with one attached hydrogen (secondary N) is 1. The van der Waals surface area contributed by atoms with Crippen molar-refractivity contribution in [3.8, 4) is 5.75 Å². The predicted octanol–water partition coefficient (Wildman–Crippen LogP) is 2.89. The number of rotatable bonds is 2. The molecule has 1 saturated heterocycles. The number of piperidine rings is 1. The summed E-state index contributed by atoms with van der Waals surface area (Å²) in [5.74, 6) is 0.976. The molecule has 1 atom stereocenters. The summed E-state index contributed by atoms with van der Waals surface area (Å²) in [4.78, 5) is 0. The molecule has 2 nitrogen and oxygen atoms in total. The molecule has 0 unspecified atom stereocenters. The molecule has 1 N–H and O–H groups in total. The van der Waals surface area contributed by atoms with E-state index in [0.717, 1.165) is 29.7 Å². The molecule has 0 saturated carbocycles. The molecular formula is C12H16BrNO. The van der Waals surface area contributed by atoms with Gasteiger partial charge in [-0.15, -0.1) is 0 Å². The number of halogens is 1. The SMILES string of the molecule is Cc1cc(O[C@H]2CCCNC2)ccc1Br. The van der Waals surface area contributed by atoms with E-state index < -0.39 is 0 Å².